The number of ether oxygens (including phenoxy) is 1. The maximum absolute atomic E-state index is 5.70. The highest BCUT2D eigenvalue weighted by atomic mass is 35.5. The average Bonchev–Trinajstić information content (AvgIpc) is 2.55. The molecule has 3 atom stereocenters. The number of hydrogen-bond donors (Lipinski definition) is 0. The van der Waals surface area contributed by atoms with Crippen molar-refractivity contribution in [2.24, 2.45) is 16.8 Å². The molecule has 4 rings (SSSR count). The zero-order valence-corrected chi connectivity index (χ0v) is 11.0. The maximum atomic E-state index is 5.70. The molecular weight excluding hydrogens is 248 g/mol. The number of aliphatic imine (C=N–C) groups is 1. The smallest absolute Gasteiger partial charge is 0.123 e. The van der Waals surface area contributed by atoms with E-state index in [1.165, 1.54) is 24.3 Å². The third kappa shape index (κ3) is 1.53. The van der Waals surface area contributed by atoms with E-state index in [9.17, 15) is 0 Å². The molecule has 3 nitrogen and oxygen atoms in total. The lowest BCUT2D eigenvalue weighted by atomic mass is 9.80. The molecule has 0 aromatic heterocycles. The van der Waals surface area contributed by atoms with Crippen LogP contribution < -0.4 is 0 Å². The predicted octanol–water partition coefficient (Wildman–Crippen LogP) is 3.21. The van der Waals surface area contributed by atoms with Gasteiger partial charge in [-0.3, -0.25) is 4.99 Å². The number of rotatable bonds is 0. The van der Waals surface area contributed by atoms with Crippen LogP contribution in [0, 0.1) is 11.8 Å². The van der Waals surface area contributed by atoms with E-state index in [1.807, 2.05) is 12.5 Å². The van der Waals surface area contributed by atoms with Crippen LogP contribution in [0.25, 0.3) is 0 Å². The van der Waals surface area contributed by atoms with Crippen LogP contribution in [0.4, 0.5) is 0 Å². The minimum atomic E-state index is 0. The molecule has 96 valence electrons. The van der Waals surface area contributed by atoms with Crippen molar-refractivity contribution in [3.05, 3.63) is 36.2 Å². The molecule has 0 radical (unpaired) electrons. The normalized spacial score (nSPS) is 35.6. The molecule has 0 N–H and O–H groups in total. The summed E-state index contributed by atoms with van der Waals surface area (Å²) < 4.78 is 5.70. The topological polar surface area (TPSA) is 24.8 Å². The monoisotopic (exact) mass is 264 g/mol. The van der Waals surface area contributed by atoms with Gasteiger partial charge in [-0.15, -0.1) is 12.4 Å². The van der Waals surface area contributed by atoms with Crippen LogP contribution in [-0.4, -0.2) is 17.2 Å². The predicted molar refractivity (Wildman–Crippen MR) is 73.2 cm³/mol. The fraction of sp³-hybridized carbons (Fsp3) is 0.500. The molecule has 0 aromatic rings. The van der Waals surface area contributed by atoms with Crippen molar-refractivity contribution < 1.29 is 4.74 Å². The van der Waals surface area contributed by atoms with Crippen LogP contribution in [0.2, 0.25) is 0 Å². The van der Waals surface area contributed by atoms with Crippen LogP contribution >= 0.6 is 12.4 Å². The first-order valence-electron chi connectivity index (χ1n) is 6.48. The van der Waals surface area contributed by atoms with E-state index in [4.69, 9.17) is 4.74 Å². The first-order valence-corrected chi connectivity index (χ1v) is 6.48. The molecule has 18 heavy (non-hydrogen) atoms. The molecule has 3 aliphatic heterocycles. The molecule has 0 saturated carbocycles. The Bertz CT molecular complexity index is 466. The van der Waals surface area contributed by atoms with Gasteiger partial charge in [-0.05, 0) is 31.3 Å². The molecule has 1 aliphatic carbocycles. The largest absolute Gasteiger partial charge is 0.466 e. The van der Waals surface area contributed by atoms with Crippen molar-refractivity contribution in [1.29, 1.82) is 0 Å². The molecule has 0 bridgehead atoms. The van der Waals surface area contributed by atoms with E-state index in [-0.39, 0.29) is 12.4 Å². The third-order valence-electron chi connectivity index (χ3n) is 4.39. The summed E-state index contributed by atoms with van der Waals surface area (Å²) in [5, 5.41) is 0. The van der Waals surface area contributed by atoms with Gasteiger partial charge in [0.05, 0.1) is 11.7 Å². The highest BCUT2D eigenvalue weighted by Crippen LogP contribution is 2.49. The second-order valence-electron chi connectivity index (χ2n) is 5.18. The summed E-state index contributed by atoms with van der Waals surface area (Å²) >= 11 is 0. The number of halogens is 1. The molecule has 0 amide bonds. The summed E-state index contributed by atoms with van der Waals surface area (Å²) in [6.07, 6.45) is 14.9. The summed E-state index contributed by atoms with van der Waals surface area (Å²) in [7, 11) is 0. The summed E-state index contributed by atoms with van der Waals surface area (Å²) in [6, 6.07) is 0.478. The fourth-order valence-corrected chi connectivity index (χ4v) is 3.71. The Kier molecular flexibility index (Phi) is 2.94. The lowest BCUT2D eigenvalue weighted by molar-refractivity contribution is 0.251. The summed E-state index contributed by atoms with van der Waals surface area (Å²) in [4.78, 5) is 6.71. The van der Waals surface area contributed by atoms with Crippen LogP contribution in [0.3, 0.4) is 0 Å². The maximum Gasteiger partial charge on any atom is 0.123 e. The highest BCUT2D eigenvalue weighted by molar-refractivity contribution is 5.85. The van der Waals surface area contributed by atoms with Gasteiger partial charge < -0.3 is 9.64 Å². The van der Waals surface area contributed by atoms with E-state index < -0.39 is 0 Å². The molecule has 3 unspecified atom stereocenters. The Balaban J connectivity index is 0.000001000. The van der Waals surface area contributed by atoms with E-state index in [0.29, 0.717) is 17.9 Å². The zero-order valence-electron chi connectivity index (χ0n) is 10.2. The summed E-state index contributed by atoms with van der Waals surface area (Å²) in [5.41, 5.74) is 1.45. The molecule has 4 heteroatoms. The van der Waals surface area contributed by atoms with Gasteiger partial charge in [-0.1, -0.05) is 0 Å². The molecule has 3 heterocycles. The van der Waals surface area contributed by atoms with Gasteiger partial charge in [-0.2, -0.15) is 0 Å². The Morgan fingerprint density at radius 3 is 3.28 bits per heavy atom. The van der Waals surface area contributed by atoms with Gasteiger partial charge in [0.1, 0.15) is 12.0 Å². The third-order valence-corrected chi connectivity index (χ3v) is 4.39. The molecule has 1 fully saturated rings. The van der Waals surface area contributed by atoms with Crippen molar-refractivity contribution in [2.45, 2.75) is 31.7 Å². The first kappa shape index (κ1) is 11.8. The van der Waals surface area contributed by atoms with E-state index >= 15 is 0 Å². The Morgan fingerprint density at radius 1 is 1.39 bits per heavy atom. The van der Waals surface area contributed by atoms with Gasteiger partial charge in [0.25, 0.3) is 0 Å². The van der Waals surface area contributed by atoms with Crippen LogP contribution in [0.1, 0.15) is 25.7 Å². The Hall–Kier alpha value is -1.22. The summed E-state index contributed by atoms with van der Waals surface area (Å²) in [5.74, 6) is 2.55. The molecule has 4 aliphatic rings. The summed E-state index contributed by atoms with van der Waals surface area (Å²) in [6.45, 7) is 0. The second kappa shape index (κ2) is 4.47. The molecular formula is C14H17ClN2O. The number of nitrogens with zero attached hydrogens (tertiary/aromatic N) is 2. The quantitative estimate of drug-likeness (QED) is 0.671. The van der Waals surface area contributed by atoms with Crippen molar-refractivity contribution in [3.63, 3.8) is 0 Å². The molecule has 1 saturated heterocycles. The van der Waals surface area contributed by atoms with Crippen LogP contribution in [0.15, 0.2) is 41.2 Å². The van der Waals surface area contributed by atoms with Crippen molar-refractivity contribution in [3.8, 4) is 0 Å². The highest BCUT2D eigenvalue weighted by Gasteiger charge is 2.46. The van der Waals surface area contributed by atoms with Gasteiger partial charge >= 0.3 is 0 Å². The van der Waals surface area contributed by atoms with Gasteiger partial charge in [0.2, 0.25) is 0 Å². The zero-order chi connectivity index (χ0) is 11.2. The van der Waals surface area contributed by atoms with Gasteiger partial charge in [0, 0.05) is 31.0 Å². The van der Waals surface area contributed by atoms with Crippen molar-refractivity contribution >= 4 is 18.6 Å². The van der Waals surface area contributed by atoms with E-state index in [0.717, 1.165) is 12.8 Å². The first-order chi connectivity index (χ1) is 8.45. The molecule has 0 aromatic carbocycles. The second-order valence-corrected chi connectivity index (χ2v) is 5.18. The Labute approximate surface area is 113 Å². The number of hydrogen-bond acceptors (Lipinski definition) is 3. The van der Waals surface area contributed by atoms with E-state index in [1.54, 1.807) is 0 Å². The molecule has 0 spiro atoms. The van der Waals surface area contributed by atoms with Gasteiger partial charge in [0.15, 0.2) is 0 Å². The minimum Gasteiger partial charge on any atom is -0.466 e. The SMILES string of the molecule is C1=CC2C(CC=N1)C1CCCC3=C1N2C=CO3.Cl. The lowest BCUT2D eigenvalue weighted by Crippen LogP contribution is -2.27. The van der Waals surface area contributed by atoms with Gasteiger partial charge in [-0.25, -0.2) is 0 Å². The van der Waals surface area contributed by atoms with Crippen molar-refractivity contribution in [2.75, 3.05) is 0 Å². The average molecular weight is 265 g/mol. The standard InChI is InChI=1S/C14H16N2O.ClH/c1-2-11-10-4-6-15-7-5-12(10)16-8-9-17-13(3-1)14(11)16;/h5-12H,1-4H2;1H. The number of allylic oxidation sites excluding steroid dienone is 2. The Morgan fingerprint density at radius 2 is 2.33 bits per heavy atom. The van der Waals surface area contributed by atoms with Crippen LogP contribution in [0.5, 0.6) is 0 Å². The number of fused-ring (bicyclic) bond motifs is 3. The lowest BCUT2D eigenvalue weighted by Gasteiger charge is -2.30. The minimum absolute atomic E-state index is 0. The fourth-order valence-electron chi connectivity index (χ4n) is 3.71. The van der Waals surface area contributed by atoms with E-state index in [2.05, 4.69) is 28.4 Å². The van der Waals surface area contributed by atoms with Crippen LogP contribution in [-0.2, 0) is 4.74 Å². The van der Waals surface area contributed by atoms with Crippen molar-refractivity contribution in [1.82, 2.24) is 4.90 Å².